The number of fused-ring (bicyclic) bond motifs is 2. The molecule has 1 aromatic rings. The van der Waals surface area contributed by atoms with Crippen molar-refractivity contribution < 1.29 is 14.5 Å². The molecule has 156 valence electrons. The van der Waals surface area contributed by atoms with Crippen LogP contribution in [0.4, 0.5) is 4.79 Å². The molecule has 2 atom stereocenters. The summed E-state index contributed by atoms with van der Waals surface area (Å²) < 4.78 is 5.12. The predicted octanol–water partition coefficient (Wildman–Crippen LogP) is 4.64. The summed E-state index contributed by atoms with van der Waals surface area (Å²) in [6.07, 6.45) is 9.85. The molecule has 1 aromatic heterocycles. The summed E-state index contributed by atoms with van der Waals surface area (Å²) in [5.41, 5.74) is 3.77. The Hall–Kier alpha value is -2.93. The molecule has 1 amide bonds. The summed E-state index contributed by atoms with van der Waals surface area (Å²) in [5.74, 6) is -0.707. The van der Waals surface area contributed by atoms with E-state index in [1.54, 1.807) is 42.3 Å². The van der Waals surface area contributed by atoms with Gasteiger partial charge in [0.2, 0.25) is 0 Å². The Labute approximate surface area is 179 Å². The van der Waals surface area contributed by atoms with E-state index in [9.17, 15) is 14.9 Å². The van der Waals surface area contributed by atoms with Crippen molar-refractivity contribution in [3.63, 3.8) is 0 Å². The molecule has 2 unspecified atom stereocenters. The largest absolute Gasteiger partial charge is 0.450 e. The van der Waals surface area contributed by atoms with Crippen molar-refractivity contribution in [2.24, 2.45) is 11.8 Å². The second kappa shape index (κ2) is 8.44. The highest BCUT2D eigenvalue weighted by Gasteiger charge is 2.39. The maximum absolute atomic E-state index is 12.1. The van der Waals surface area contributed by atoms with Crippen LogP contribution in [0.1, 0.15) is 31.0 Å². The highest BCUT2D eigenvalue weighted by atomic mass is 35.5. The van der Waals surface area contributed by atoms with Gasteiger partial charge in [-0.2, -0.15) is 0 Å². The number of nitro groups is 1. The first-order chi connectivity index (χ1) is 14.5. The first-order valence-corrected chi connectivity index (χ1v) is 10.4. The SMILES string of the molecule is CCOC(=O)N1CCC(=C2c3ncccc3C=C([N+](=O)[O-])C3C=C(Cl)C=CC23)CC1. The molecule has 1 aliphatic heterocycles. The van der Waals surface area contributed by atoms with Crippen molar-refractivity contribution >= 4 is 29.3 Å². The molecule has 0 saturated carbocycles. The van der Waals surface area contributed by atoms with E-state index in [4.69, 9.17) is 16.3 Å². The summed E-state index contributed by atoms with van der Waals surface area (Å²) in [7, 11) is 0. The van der Waals surface area contributed by atoms with Gasteiger partial charge >= 0.3 is 6.09 Å². The molecule has 8 heteroatoms. The highest BCUT2D eigenvalue weighted by molar-refractivity contribution is 6.31. The Morgan fingerprint density at radius 2 is 2.13 bits per heavy atom. The number of nitrogens with zero attached hydrogens (tertiary/aromatic N) is 3. The van der Waals surface area contributed by atoms with E-state index >= 15 is 0 Å². The molecular formula is C22H22ClN3O4. The van der Waals surface area contributed by atoms with Gasteiger partial charge < -0.3 is 9.64 Å². The molecule has 0 radical (unpaired) electrons. The Bertz CT molecular complexity index is 1000. The van der Waals surface area contributed by atoms with Crippen molar-refractivity contribution in [2.45, 2.75) is 19.8 Å². The lowest BCUT2D eigenvalue weighted by Crippen LogP contribution is -2.37. The zero-order valence-corrected chi connectivity index (χ0v) is 17.3. The average Bonchev–Trinajstić information content (AvgIpc) is 2.88. The number of amides is 1. The van der Waals surface area contributed by atoms with Crippen molar-refractivity contribution in [2.75, 3.05) is 19.7 Å². The van der Waals surface area contributed by atoms with Crippen molar-refractivity contribution in [1.82, 2.24) is 9.88 Å². The zero-order valence-electron chi connectivity index (χ0n) is 16.6. The minimum atomic E-state index is -0.475. The Morgan fingerprint density at radius 3 is 2.83 bits per heavy atom. The van der Waals surface area contributed by atoms with Gasteiger partial charge in [-0.25, -0.2) is 4.79 Å². The minimum absolute atomic E-state index is 0.108. The number of hydrogen-bond acceptors (Lipinski definition) is 5. The average molecular weight is 428 g/mol. The predicted molar refractivity (Wildman–Crippen MR) is 114 cm³/mol. The summed E-state index contributed by atoms with van der Waals surface area (Å²) in [5, 5.41) is 12.4. The third-order valence-electron chi connectivity index (χ3n) is 5.75. The summed E-state index contributed by atoms with van der Waals surface area (Å²) >= 11 is 6.22. The van der Waals surface area contributed by atoms with Crippen LogP contribution in [0, 0.1) is 22.0 Å². The number of carbonyl (C=O) groups is 1. The molecule has 2 aliphatic carbocycles. The van der Waals surface area contributed by atoms with E-state index in [1.165, 1.54) is 5.57 Å². The zero-order chi connectivity index (χ0) is 21.3. The van der Waals surface area contributed by atoms with Crippen LogP contribution < -0.4 is 0 Å². The molecule has 0 spiro atoms. The molecule has 7 nitrogen and oxygen atoms in total. The lowest BCUT2D eigenvalue weighted by Gasteiger charge is -2.32. The Balaban J connectivity index is 1.79. The van der Waals surface area contributed by atoms with Gasteiger partial charge in [-0.05, 0) is 37.5 Å². The van der Waals surface area contributed by atoms with Gasteiger partial charge in [0.15, 0.2) is 0 Å². The highest BCUT2D eigenvalue weighted by Crippen LogP contribution is 2.46. The molecule has 0 aromatic carbocycles. The van der Waals surface area contributed by atoms with Gasteiger partial charge in [-0.1, -0.05) is 35.4 Å². The molecule has 1 saturated heterocycles. The normalized spacial score (nSPS) is 23.1. The number of ether oxygens (including phenoxy) is 1. The van der Waals surface area contributed by atoms with Crippen molar-refractivity contribution in [3.05, 3.63) is 74.2 Å². The topological polar surface area (TPSA) is 85.6 Å². The minimum Gasteiger partial charge on any atom is -0.450 e. The fourth-order valence-corrected chi connectivity index (χ4v) is 4.59. The van der Waals surface area contributed by atoms with Crippen LogP contribution in [0.2, 0.25) is 0 Å². The van der Waals surface area contributed by atoms with Gasteiger partial charge in [-0.3, -0.25) is 15.1 Å². The number of pyridine rings is 1. The van der Waals surface area contributed by atoms with Crippen LogP contribution in [-0.4, -0.2) is 40.6 Å². The number of aromatic nitrogens is 1. The van der Waals surface area contributed by atoms with Gasteiger partial charge in [0.1, 0.15) is 0 Å². The maximum Gasteiger partial charge on any atom is 0.409 e. The fourth-order valence-electron chi connectivity index (χ4n) is 4.38. The number of hydrogen-bond donors (Lipinski definition) is 0. The fraction of sp³-hybridized carbons (Fsp3) is 0.364. The van der Waals surface area contributed by atoms with Crippen LogP contribution in [0.5, 0.6) is 0 Å². The van der Waals surface area contributed by atoms with Crippen molar-refractivity contribution in [1.29, 1.82) is 0 Å². The van der Waals surface area contributed by atoms with Gasteiger partial charge in [0.05, 0.1) is 23.1 Å². The Kier molecular flexibility index (Phi) is 5.72. The van der Waals surface area contributed by atoms with E-state index in [2.05, 4.69) is 4.98 Å². The van der Waals surface area contributed by atoms with Gasteiger partial charge in [-0.15, -0.1) is 0 Å². The van der Waals surface area contributed by atoms with E-state index in [0.717, 1.165) is 16.8 Å². The standard InChI is InChI=1S/C22H22ClN3O4/c1-2-30-22(27)25-10-7-14(8-11-25)20-17-6-5-16(23)13-18(17)19(26(28)29)12-15-4-3-9-24-21(15)20/h3-6,9,12-13,17-18H,2,7-8,10-11H2,1H3. The molecule has 0 bridgehead atoms. The monoisotopic (exact) mass is 427 g/mol. The van der Waals surface area contributed by atoms with E-state index in [0.29, 0.717) is 37.6 Å². The van der Waals surface area contributed by atoms with E-state index in [1.807, 2.05) is 12.1 Å². The Morgan fingerprint density at radius 1 is 1.37 bits per heavy atom. The molecular weight excluding hydrogens is 406 g/mol. The van der Waals surface area contributed by atoms with Crippen LogP contribution >= 0.6 is 11.6 Å². The van der Waals surface area contributed by atoms with Gasteiger partial charge in [0, 0.05) is 41.9 Å². The van der Waals surface area contributed by atoms with Crippen LogP contribution in [0.3, 0.4) is 0 Å². The number of likely N-dealkylation sites (tertiary alicyclic amines) is 1. The summed E-state index contributed by atoms with van der Waals surface area (Å²) in [6.45, 7) is 3.23. The molecule has 1 fully saturated rings. The molecule has 2 heterocycles. The quantitative estimate of drug-likeness (QED) is 0.506. The lowest BCUT2D eigenvalue weighted by molar-refractivity contribution is -0.431. The van der Waals surface area contributed by atoms with Crippen LogP contribution in [0.15, 0.2) is 52.9 Å². The van der Waals surface area contributed by atoms with Crippen LogP contribution in [-0.2, 0) is 4.74 Å². The second-order valence-corrected chi connectivity index (χ2v) is 7.87. The van der Waals surface area contributed by atoms with E-state index in [-0.39, 0.29) is 22.6 Å². The number of carbonyl (C=O) groups excluding carboxylic acids is 1. The second-order valence-electron chi connectivity index (χ2n) is 7.43. The lowest BCUT2D eigenvalue weighted by atomic mass is 9.77. The first-order valence-electron chi connectivity index (χ1n) is 10.00. The third-order valence-corrected chi connectivity index (χ3v) is 6.00. The molecule has 3 aliphatic rings. The maximum atomic E-state index is 12.1. The van der Waals surface area contributed by atoms with E-state index < -0.39 is 5.92 Å². The summed E-state index contributed by atoms with van der Waals surface area (Å²) in [6, 6.07) is 3.64. The van der Waals surface area contributed by atoms with Gasteiger partial charge in [0.25, 0.3) is 5.70 Å². The number of halogens is 1. The summed E-state index contributed by atoms with van der Waals surface area (Å²) in [4.78, 5) is 29.9. The molecule has 0 N–H and O–H groups in total. The van der Waals surface area contributed by atoms with Crippen LogP contribution in [0.25, 0.3) is 11.6 Å². The third kappa shape index (κ3) is 3.77. The smallest absolute Gasteiger partial charge is 0.409 e. The number of rotatable bonds is 2. The molecule has 4 rings (SSSR count). The first kappa shape index (κ1) is 20.3. The number of allylic oxidation sites excluding steroid dienone is 5. The number of piperidine rings is 1. The molecule has 30 heavy (non-hydrogen) atoms. The van der Waals surface area contributed by atoms with Crippen molar-refractivity contribution in [3.8, 4) is 0 Å².